The first-order chi connectivity index (χ1) is 7.24. The average Bonchev–Trinajstić information content (AvgIpc) is 2.25. The molecule has 0 spiro atoms. The first kappa shape index (κ1) is 10.1. The Morgan fingerprint density at radius 3 is 2.53 bits per heavy atom. The highest BCUT2D eigenvalue weighted by Crippen LogP contribution is 2.10. The normalized spacial score (nSPS) is 10.3. The summed E-state index contributed by atoms with van der Waals surface area (Å²) in [5.41, 5.74) is 3.20. The molecule has 2 rings (SSSR count). The van der Waals surface area contributed by atoms with Gasteiger partial charge in [-0.3, -0.25) is 9.97 Å². The van der Waals surface area contributed by atoms with Crippen molar-refractivity contribution in [2.75, 3.05) is 0 Å². The van der Waals surface area contributed by atoms with Crippen molar-refractivity contribution < 1.29 is 0 Å². The van der Waals surface area contributed by atoms with Crippen molar-refractivity contribution in [2.45, 2.75) is 13.3 Å². The minimum absolute atomic E-state index is 0.667. The summed E-state index contributed by atoms with van der Waals surface area (Å²) in [6.45, 7) is 1.98. The lowest BCUT2D eigenvalue weighted by Gasteiger charge is -2.01. The summed E-state index contributed by atoms with van der Waals surface area (Å²) >= 11 is 5.76. The molecule has 0 N–H and O–H groups in total. The zero-order valence-corrected chi connectivity index (χ0v) is 9.20. The van der Waals surface area contributed by atoms with E-state index in [9.17, 15) is 0 Å². The number of hydrogen-bond acceptors (Lipinski definition) is 2. The van der Waals surface area contributed by atoms with Gasteiger partial charge < -0.3 is 0 Å². The Morgan fingerprint density at radius 2 is 1.93 bits per heavy atom. The van der Waals surface area contributed by atoms with Gasteiger partial charge in [-0.1, -0.05) is 17.7 Å². The Kier molecular flexibility index (Phi) is 2.97. The molecule has 0 aliphatic heterocycles. The number of halogens is 1. The van der Waals surface area contributed by atoms with E-state index in [0.29, 0.717) is 5.02 Å². The van der Waals surface area contributed by atoms with Crippen LogP contribution in [0.3, 0.4) is 0 Å². The first-order valence-corrected chi connectivity index (χ1v) is 5.14. The Morgan fingerprint density at radius 1 is 1.07 bits per heavy atom. The van der Waals surface area contributed by atoms with E-state index in [0.717, 1.165) is 23.4 Å². The number of pyridine rings is 2. The molecule has 0 unspecified atom stereocenters. The van der Waals surface area contributed by atoms with Gasteiger partial charge in [0.1, 0.15) is 0 Å². The van der Waals surface area contributed by atoms with Crippen molar-refractivity contribution in [1.82, 2.24) is 9.97 Å². The standard InChI is InChI=1S/C12H11ClN2/c1-9-2-3-10(7-14-9)6-12-5-4-11(13)8-15-12/h2-5,7-8H,6H2,1H3. The van der Waals surface area contributed by atoms with E-state index in [2.05, 4.69) is 16.0 Å². The van der Waals surface area contributed by atoms with Crippen molar-refractivity contribution in [1.29, 1.82) is 0 Å². The second-order valence-corrected chi connectivity index (χ2v) is 3.89. The largest absolute Gasteiger partial charge is 0.261 e. The van der Waals surface area contributed by atoms with Crippen LogP contribution >= 0.6 is 11.6 Å². The summed E-state index contributed by atoms with van der Waals surface area (Å²) in [7, 11) is 0. The van der Waals surface area contributed by atoms with Gasteiger partial charge in [0.25, 0.3) is 0 Å². The molecule has 0 saturated carbocycles. The highest BCUT2D eigenvalue weighted by molar-refractivity contribution is 6.30. The molecule has 2 nitrogen and oxygen atoms in total. The summed E-state index contributed by atoms with van der Waals surface area (Å²) in [6, 6.07) is 7.86. The van der Waals surface area contributed by atoms with Crippen molar-refractivity contribution >= 4 is 11.6 Å². The SMILES string of the molecule is Cc1ccc(Cc2ccc(Cl)cn2)cn1. The number of aromatic nitrogens is 2. The van der Waals surface area contributed by atoms with Crippen LogP contribution in [0, 0.1) is 6.92 Å². The maximum atomic E-state index is 5.76. The average molecular weight is 219 g/mol. The first-order valence-electron chi connectivity index (χ1n) is 4.76. The molecule has 0 aromatic carbocycles. The maximum Gasteiger partial charge on any atom is 0.0589 e. The van der Waals surface area contributed by atoms with Gasteiger partial charge in [-0.05, 0) is 30.7 Å². The lowest BCUT2D eigenvalue weighted by atomic mass is 10.1. The Labute approximate surface area is 94.0 Å². The van der Waals surface area contributed by atoms with Crippen LogP contribution in [0.4, 0.5) is 0 Å². The summed E-state index contributed by atoms with van der Waals surface area (Å²) in [5, 5.41) is 0.667. The molecular formula is C12H11ClN2. The number of nitrogens with zero attached hydrogens (tertiary/aromatic N) is 2. The summed E-state index contributed by atoms with van der Waals surface area (Å²) < 4.78 is 0. The van der Waals surface area contributed by atoms with Crippen molar-refractivity contribution in [3.63, 3.8) is 0 Å². The number of hydrogen-bond donors (Lipinski definition) is 0. The van der Waals surface area contributed by atoms with E-state index in [4.69, 9.17) is 11.6 Å². The molecule has 15 heavy (non-hydrogen) atoms. The molecule has 2 aromatic rings. The second kappa shape index (κ2) is 4.41. The predicted octanol–water partition coefficient (Wildman–Crippen LogP) is 3.03. The van der Waals surface area contributed by atoms with Gasteiger partial charge in [0.2, 0.25) is 0 Å². The molecule has 0 aliphatic carbocycles. The second-order valence-electron chi connectivity index (χ2n) is 3.45. The molecule has 2 heterocycles. The summed E-state index contributed by atoms with van der Waals surface area (Å²) in [6.07, 6.45) is 4.34. The van der Waals surface area contributed by atoms with Gasteiger partial charge in [0.15, 0.2) is 0 Å². The van der Waals surface area contributed by atoms with Crippen LogP contribution < -0.4 is 0 Å². The minimum Gasteiger partial charge on any atom is -0.261 e. The molecule has 0 amide bonds. The van der Waals surface area contributed by atoms with Crippen LogP contribution in [0.1, 0.15) is 17.0 Å². The Bertz CT molecular complexity index is 391. The molecule has 2 aromatic heterocycles. The monoisotopic (exact) mass is 218 g/mol. The molecule has 76 valence electrons. The van der Waals surface area contributed by atoms with Crippen LogP contribution in [-0.4, -0.2) is 9.97 Å². The third kappa shape index (κ3) is 2.77. The van der Waals surface area contributed by atoms with Crippen molar-refractivity contribution in [3.05, 3.63) is 58.6 Å². The zero-order chi connectivity index (χ0) is 10.7. The van der Waals surface area contributed by atoms with Gasteiger partial charge in [-0.15, -0.1) is 0 Å². The minimum atomic E-state index is 0.667. The fourth-order valence-electron chi connectivity index (χ4n) is 1.32. The van der Waals surface area contributed by atoms with Gasteiger partial charge in [0, 0.05) is 30.2 Å². The van der Waals surface area contributed by atoms with E-state index < -0.39 is 0 Å². The third-order valence-corrected chi connectivity index (χ3v) is 2.37. The van der Waals surface area contributed by atoms with Crippen LogP contribution in [0.15, 0.2) is 36.7 Å². The van der Waals surface area contributed by atoms with Gasteiger partial charge >= 0.3 is 0 Å². The van der Waals surface area contributed by atoms with Crippen LogP contribution in [0.2, 0.25) is 5.02 Å². The molecule has 0 bridgehead atoms. The van der Waals surface area contributed by atoms with E-state index in [1.54, 1.807) is 6.20 Å². The van der Waals surface area contributed by atoms with E-state index >= 15 is 0 Å². The lowest BCUT2D eigenvalue weighted by molar-refractivity contribution is 1.05. The van der Waals surface area contributed by atoms with Gasteiger partial charge in [-0.25, -0.2) is 0 Å². The van der Waals surface area contributed by atoms with Crippen LogP contribution in [-0.2, 0) is 6.42 Å². The van der Waals surface area contributed by atoms with E-state index in [1.807, 2.05) is 31.3 Å². The molecule has 0 radical (unpaired) electrons. The van der Waals surface area contributed by atoms with E-state index in [1.165, 1.54) is 0 Å². The van der Waals surface area contributed by atoms with Crippen LogP contribution in [0.25, 0.3) is 0 Å². The molecule has 0 saturated heterocycles. The quantitative estimate of drug-likeness (QED) is 0.775. The van der Waals surface area contributed by atoms with E-state index in [-0.39, 0.29) is 0 Å². The van der Waals surface area contributed by atoms with Crippen LogP contribution in [0.5, 0.6) is 0 Å². The topological polar surface area (TPSA) is 25.8 Å². The Balaban J connectivity index is 2.15. The van der Waals surface area contributed by atoms with Crippen molar-refractivity contribution in [3.8, 4) is 0 Å². The molecule has 0 fully saturated rings. The third-order valence-electron chi connectivity index (χ3n) is 2.15. The van der Waals surface area contributed by atoms with Gasteiger partial charge in [0.05, 0.1) is 5.02 Å². The summed E-state index contributed by atoms with van der Waals surface area (Å²) in [5.74, 6) is 0. The smallest absolute Gasteiger partial charge is 0.0589 e. The molecule has 0 atom stereocenters. The zero-order valence-electron chi connectivity index (χ0n) is 8.44. The summed E-state index contributed by atoms with van der Waals surface area (Å²) in [4.78, 5) is 8.48. The fraction of sp³-hybridized carbons (Fsp3) is 0.167. The molecular weight excluding hydrogens is 208 g/mol. The van der Waals surface area contributed by atoms with Crippen molar-refractivity contribution in [2.24, 2.45) is 0 Å². The number of rotatable bonds is 2. The maximum absolute atomic E-state index is 5.76. The Hall–Kier alpha value is -1.41. The fourth-order valence-corrected chi connectivity index (χ4v) is 1.43. The van der Waals surface area contributed by atoms with Gasteiger partial charge in [-0.2, -0.15) is 0 Å². The predicted molar refractivity (Wildman–Crippen MR) is 61.0 cm³/mol. The highest BCUT2D eigenvalue weighted by atomic mass is 35.5. The lowest BCUT2D eigenvalue weighted by Crippen LogP contribution is -1.92. The molecule has 3 heteroatoms. The molecule has 0 aliphatic rings. The number of aryl methyl sites for hydroxylation is 1. The highest BCUT2D eigenvalue weighted by Gasteiger charge is 1.98.